The minimum Gasteiger partial charge on any atom is -0.481 e. The SMILES string of the molecule is COc1nc(C(F)F)cc(CC(=O)O)c1F. The first-order valence-electron chi connectivity index (χ1n) is 4.19. The number of carbonyl (C=O) groups is 1. The van der Waals surface area contributed by atoms with Crippen LogP contribution in [0.1, 0.15) is 17.7 Å². The molecule has 1 heterocycles. The molecule has 4 nitrogen and oxygen atoms in total. The van der Waals surface area contributed by atoms with Gasteiger partial charge < -0.3 is 9.84 Å². The van der Waals surface area contributed by atoms with Crippen molar-refractivity contribution in [2.24, 2.45) is 0 Å². The van der Waals surface area contributed by atoms with E-state index in [4.69, 9.17) is 5.11 Å². The summed E-state index contributed by atoms with van der Waals surface area (Å²) in [5, 5.41) is 8.47. The Bertz CT molecular complexity index is 409. The standard InChI is InChI=1S/C9H8F3NO3/c1-16-9-7(10)4(3-6(14)15)2-5(13-9)8(11)12/h2,8H,3H2,1H3,(H,14,15). The molecule has 0 aliphatic carbocycles. The highest BCUT2D eigenvalue weighted by atomic mass is 19.3. The maximum atomic E-state index is 13.4. The number of halogens is 3. The molecule has 16 heavy (non-hydrogen) atoms. The zero-order valence-corrected chi connectivity index (χ0v) is 8.21. The van der Waals surface area contributed by atoms with Crippen LogP contribution >= 0.6 is 0 Å². The van der Waals surface area contributed by atoms with E-state index in [0.717, 1.165) is 13.2 Å². The Labute approximate surface area is 88.7 Å². The predicted octanol–water partition coefficient (Wildman–Crippen LogP) is 1.79. The molecule has 0 amide bonds. The number of alkyl halides is 2. The summed E-state index contributed by atoms with van der Waals surface area (Å²) < 4.78 is 42.5. The molecule has 0 atom stereocenters. The smallest absolute Gasteiger partial charge is 0.307 e. The van der Waals surface area contributed by atoms with E-state index in [9.17, 15) is 18.0 Å². The molecule has 0 fully saturated rings. The first kappa shape index (κ1) is 12.3. The second-order valence-electron chi connectivity index (χ2n) is 2.90. The van der Waals surface area contributed by atoms with Crippen molar-refractivity contribution in [3.63, 3.8) is 0 Å². The fourth-order valence-electron chi connectivity index (χ4n) is 1.12. The lowest BCUT2D eigenvalue weighted by atomic mass is 10.1. The number of carboxylic acid groups (broad SMARTS) is 1. The van der Waals surface area contributed by atoms with Gasteiger partial charge in [0.15, 0.2) is 5.82 Å². The van der Waals surface area contributed by atoms with Gasteiger partial charge in [-0.25, -0.2) is 18.2 Å². The van der Waals surface area contributed by atoms with Crippen LogP contribution in [-0.2, 0) is 11.2 Å². The van der Waals surface area contributed by atoms with E-state index in [2.05, 4.69) is 9.72 Å². The number of carboxylic acids is 1. The van der Waals surface area contributed by atoms with Gasteiger partial charge in [-0.15, -0.1) is 0 Å². The Kier molecular flexibility index (Phi) is 3.70. The molecule has 1 aromatic rings. The van der Waals surface area contributed by atoms with Crippen LogP contribution < -0.4 is 4.74 Å². The van der Waals surface area contributed by atoms with Gasteiger partial charge >= 0.3 is 5.97 Å². The van der Waals surface area contributed by atoms with Gasteiger partial charge in [-0.2, -0.15) is 0 Å². The van der Waals surface area contributed by atoms with E-state index >= 15 is 0 Å². The van der Waals surface area contributed by atoms with Gasteiger partial charge in [-0.05, 0) is 6.07 Å². The first-order chi connectivity index (χ1) is 7.45. The zero-order valence-electron chi connectivity index (χ0n) is 8.21. The van der Waals surface area contributed by atoms with Gasteiger partial charge in [-0.1, -0.05) is 0 Å². The average Bonchev–Trinajstić information content (AvgIpc) is 2.20. The van der Waals surface area contributed by atoms with E-state index in [1.807, 2.05) is 0 Å². The van der Waals surface area contributed by atoms with Crippen LogP contribution in [0.25, 0.3) is 0 Å². The zero-order chi connectivity index (χ0) is 12.3. The Balaban J connectivity index is 3.24. The van der Waals surface area contributed by atoms with Crippen molar-refractivity contribution < 1.29 is 27.8 Å². The molecule has 0 saturated carbocycles. The quantitative estimate of drug-likeness (QED) is 0.864. The largest absolute Gasteiger partial charge is 0.481 e. The summed E-state index contributed by atoms with van der Waals surface area (Å²) in [7, 11) is 1.06. The Morgan fingerprint density at radius 1 is 1.62 bits per heavy atom. The number of aromatic nitrogens is 1. The van der Waals surface area contributed by atoms with Crippen molar-refractivity contribution in [3.05, 3.63) is 23.1 Å². The van der Waals surface area contributed by atoms with Crippen molar-refractivity contribution in [2.45, 2.75) is 12.8 Å². The summed E-state index contributed by atoms with van der Waals surface area (Å²) in [5.41, 5.74) is -1.09. The molecule has 0 aromatic carbocycles. The van der Waals surface area contributed by atoms with Crippen LogP contribution in [0.2, 0.25) is 0 Å². The third-order valence-electron chi connectivity index (χ3n) is 1.78. The lowest BCUT2D eigenvalue weighted by Gasteiger charge is -2.08. The van der Waals surface area contributed by atoms with Crippen LogP contribution in [-0.4, -0.2) is 23.2 Å². The van der Waals surface area contributed by atoms with Crippen molar-refractivity contribution in [1.29, 1.82) is 0 Å². The Morgan fingerprint density at radius 3 is 2.69 bits per heavy atom. The maximum Gasteiger partial charge on any atom is 0.307 e. The number of pyridine rings is 1. The molecule has 1 rings (SSSR count). The predicted molar refractivity (Wildman–Crippen MR) is 47.0 cm³/mol. The number of nitrogens with zero attached hydrogens (tertiary/aromatic N) is 1. The molecule has 0 saturated heterocycles. The van der Waals surface area contributed by atoms with Crippen LogP contribution in [0.5, 0.6) is 5.88 Å². The summed E-state index contributed by atoms with van der Waals surface area (Å²) in [6.07, 6.45) is -3.62. The van der Waals surface area contributed by atoms with Crippen molar-refractivity contribution >= 4 is 5.97 Å². The molecule has 1 N–H and O–H groups in total. The van der Waals surface area contributed by atoms with Gasteiger partial charge in [0.1, 0.15) is 5.69 Å². The molecule has 1 aromatic heterocycles. The van der Waals surface area contributed by atoms with Gasteiger partial charge in [0, 0.05) is 5.56 Å². The molecule has 0 bridgehead atoms. The fourth-order valence-corrected chi connectivity index (χ4v) is 1.12. The number of ether oxygens (including phenoxy) is 1. The topological polar surface area (TPSA) is 59.4 Å². The first-order valence-corrected chi connectivity index (χ1v) is 4.19. The van der Waals surface area contributed by atoms with Gasteiger partial charge in [0.2, 0.25) is 0 Å². The summed E-state index contributed by atoms with van der Waals surface area (Å²) in [6, 6.07) is 0.719. The van der Waals surface area contributed by atoms with Crippen molar-refractivity contribution in [1.82, 2.24) is 4.98 Å². The van der Waals surface area contributed by atoms with E-state index in [1.54, 1.807) is 0 Å². The average molecular weight is 235 g/mol. The van der Waals surface area contributed by atoms with Gasteiger partial charge in [0.05, 0.1) is 13.5 Å². The number of aliphatic carboxylic acids is 1. The van der Waals surface area contributed by atoms with Crippen LogP contribution in [0, 0.1) is 5.82 Å². The Morgan fingerprint density at radius 2 is 2.25 bits per heavy atom. The van der Waals surface area contributed by atoms with Crippen LogP contribution in [0.4, 0.5) is 13.2 Å². The number of methoxy groups -OCH3 is 1. The number of rotatable bonds is 4. The van der Waals surface area contributed by atoms with Gasteiger partial charge in [-0.3, -0.25) is 4.79 Å². The number of hydrogen-bond donors (Lipinski definition) is 1. The van der Waals surface area contributed by atoms with E-state index < -0.39 is 36.2 Å². The van der Waals surface area contributed by atoms with E-state index in [0.29, 0.717) is 0 Å². The highest BCUT2D eigenvalue weighted by Crippen LogP contribution is 2.25. The van der Waals surface area contributed by atoms with Crippen LogP contribution in [0.15, 0.2) is 6.07 Å². The summed E-state index contributed by atoms with van der Waals surface area (Å²) in [6.45, 7) is 0. The summed E-state index contributed by atoms with van der Waals surface area (Å²) >= 11 is 0. The molecule has 0 aliphatic heterocycles. The normalized spacial score (nSPS) is 10.6. The maximum absolute atomic E-state index is 13.4. The molecule has 0 spiro atoms. The third-order valence-corrected chi connectivity index (χ3v) is 1.78. The Hall–Kier alpha value is -1.79. The van der Waals surface area contributed by atoms with E-state index in [1.165, 1.54) is 0 Å². The van der Waals surface area contributed by atoms with Gasteiger partial charge in [0.25, 0.3) is 12.3 Å². The minimum atomic E-state index is -2.91. The fraction of sp³-hybridized carbons (Fsp3) is 0.333. The molecule has 88 valence electrons. The minimum absolute atomic E-state index is 0.380. The molecular formula is C9H8F3NO3. The van der Waals surface area contributed by atoms with Crippen molar-refractivity contribution in [2.75, 3.05) is 7.11 Å². The monoisotopic (exact) mass is 235 g/mol. The molecule has 7 heteroatoms. The lowest BCUT2D eigenvalue weighted by molar-refractivity contribution is -0.136. The summed E-state index contributed by atoms with van der Waals surface area (Å²) in [5.74, 6) is -2.99. The molecule has 0 unspecified atom stereocenters. The van der Waals surface area contributed by atoms with Crippen molar-refractivity contribution in [3.8, 4) is 5.88 Å². The highest BCUT2D eigenvalue weighted by molar-refractivity contribution is 5.70. The molecule has 0 aliphatic rings. The van der Waals surface area contributed by atoms with E-state index in [-0.39, 0.29) is 5.56 Å². The molecule has 0 radical (unpaired) electrons. The summed E-state index contributed by atoms with van der Waals surface area (Å²) in [4.78, 5) is 13.6. The highest BCUT2D eigenvalue weighted by Gasteiger charge is 2.19. The second kappa shape index (κ2) is 4.82. The second-order valence-corrected chi connectivity index (χ2v) is 2.90. The third kappa shape index (κ3) is 2.62. The molecular weight excluding hydrogens is 227 g/mol. The number of hydrogen-bond acceptors (Lipinski definition) is 3. The lowest BCUT2D eigenvalue weighted by Crippen LogP contribution is -2.07. The van der Waals surface area contributed by atoms with Crippen LogP contribution in [0.3, 0.4) is 0 Å².